The van der Waals surface area contributed by atoms with E-state index in [9.17, 15) is 9.59 Å². The molecular weight excluding hydrogens is 316 g/mol. The summed E-state index contributed by atoms with van der Waals surface area (Å²) in [7, 11) is 0. The van der Waals surface area contributed by atoms with E-state index in [4.69, 9.17) is 9.15 Å². The molecule has 0 aliphatic carbocycles. The molecule has 0 amide bonds. The summed E-state index contributed by atoms with van der Waals surface area (Å²) in [6.07, 6.45) is 0. The molecule has 0 saturated carbocycles. The van der Waals surface area contributed by atoms with Crippen molar-refractivity contribution in [2.75, 3.05) is 0 Å². The second-order valence-electron chi connectivity index (χ2n) is 7.01. The van der Waals surface area contributed by atoms with Gasteiger partial charge in [0.25, 0.3) is 0 Å². The molecule has 0 N–H and O–H groups in total. The second kappa shape index (κ2) is 6.55. The van der Waals surface area contributed by atoms with E-state index in [1.54, 1.807) is 18.2 Å². The Kier molecular flexibility index (Phi) is 4.45. The quantitative estimate of drug-likeness (QED) is 0.524. The van der Waals surface area contributed by atoms with Gasteiger partial charge in [-0.2, -0.15) is 0 Å². The molecule has 0 unspecified atom stereocenters. The van der Waals surface area contributed by atoms with Crippen LogP contribution in [-0.4, -0.2) is 5.97 Å². The van der Waals surface area contributed by atoms with Crippen molar-refractivity contribution < 1.29 is 13.9 Å². The van der Waals surface area contributed by atoms with Crippen LogP contribution in [0, 0.1) is 0 Å². The molecule has 1 aromatic heterocycles. The van der Waals surface area contributed by atoms with Gasteiger partial charge in [0.1, 0.15) is 17.8 Å². The lowest BCUT2D eigenvalue weighted by atomic mass is 9.87. The smallest absolute Gasteiger partial charge is 0.351 e. The van der Waals surface area contributed by atoms with E-state index in [0.717, 1.165) is 5.56 Å². The highest BCUT2D eigenvalue weighted by atomic mass is 16.5. The first-order valence-corrected chi connectivity index (χ1v) is 8.14. The van der Waals surface area contributed by atoms with Crippen molar-refractivity contribution in [3.63, 3.8) is 0 Å². The highest BCUT2D eigenvalue weighted by Gasteiger charge is 2.16. The Morgan fingerprint density at radius 3 is 2.40 bits per heavy atom. The van der Waals surface area contributed by atoms with Crippen molar-refractivity contribution in [2.45, 2.75) is 32.8 Å². The number of hydrogen-bond donors (Lipinski definition) is 0. The molecule has 4 heteroatoms. The van der Waals surface area contributed by atoms with E-state index in [-0.39, 0.29) is 17.6 Å². The van der Waals surface area contributed by atoms with E-state index < -0.39 is 11.6 Å². The molecule has 0 aliphatic rings. The molecule has 0 bridgehead atoms. The fraction of sp³-hybridized carbons (Fsp3) is 0.238. The van der Waals surface area contributed by atoms with E-state index in [0.29, 0.717) is 11.0 Å². The minimum absolute atomic E-state index is 0.0687. The van der Waals surface area contributed by atoms with Gasteiger partial charge in [-0.05, 0) is 28.7 Å². The molecule has 0 aliphatic heterocycles. The second-order valence-corrected chi connectivity index (χ2v) is 7.01. The molecule has 0 spiro atoms. The Hall–Kier alpha value is -2.88. The van der Waals surface area contributed by atoms with Gasteiger partial charge in [0.05, 0.1) is 0 Å². The normalized spacial score (nSPS) is 11.5. The monoisotopic (exact) mass is 336 g/mol. The Bertz CT molecular complexity index is 960. The van der Waals surface area contributed by atoms with Gasteiger partial charge in [0, 0.05) is 5.39 Å². The SMILES string of the molecule is CC(C)(C)c1ccc(COC(=O)c2cc3ccccc3oc2=O)cc1. The van der Waals surface area contributed by atoms with Crippen LogP contribution < -0.4 is 5.63 Å². The van der Waals surface area contributed by atoms with Crippen LogP contribution in [0.2, 0.25) is 0 Å². The van der Waals surface area contributed by atoms with E-state index in [2.05, 4.69) is 20.8 Å². The van der Waals surface area contributed by atoms with E-state index >= 15 is 0 Å². The van der Waals surface area contributed by atoms with Crippen molar-refractivity contribution in [1.82, 2.24) is 0 Å². The van der Waals surface area contributed by atoms with Crippen LogP contribution in [0.5, 0.6) is 0 Å². The number of para-hydroxylation sites is 1. The summed E-state index contributed by atoms with van der Waals surface area (Å²) in [4.78, 5) is 24.2. The van der Waals surface area contributed by atoms with Crippen molar-refractivity contribution in [3.8, 4) is 0 Å². The molecule has 0 radical (unpaired) electrons. The zero-order valence-electron chi connectivity index (χ0n) is 14.5. The summed E-state index contributed by atoms with van der Waals surface area (Å²) >= 11 is 0. The lowest BCUT2D eigenvalue weighted by Crippen LogP contribution is -2.16. The highest BCUT2D eigenvalue weighted by Crippen LogP contribution is 2.22. The van der Waals surface area contributed by atoms with Crippen LogP contribution in [0.3, 0.4) is 0 Å². The maximum atomic E-state index is 12.2. The summed E-state index contributed by atoms with van der Waals surface area (Å²) in [5.74, 6) is -0.681. The minimum Gasteiger partial charge on any atom is -0.457 e. The zero-order valence-corrected chi connectivity index (χ0v) is 14.5. The molecule has 1 heterocycles. The van der Waals surface area contributed by atoms with Crippen molar-refractivity contribution in [1.29, 1.82) is 0 Å². The van der Waals surface area contributed by atoms with Gasteiger partial charge in [0.15, 0.2) is 0 Å². The van der Waals surface area contributed by atoms with Crippen molar-refractivity contribution >= 4 is 16.9 Å². The maximum absolute atomic E-state index is 12.2. The summed E-state index contributed by atoms with van der Waals surface area (Å²) < 4.78 is 10.4. The molecule has 3 aromatic rings. The Morgan fingerprint density at radius 1 is 1.04 bits per heavy atom. The van der Waals surface area contributed by atoms with E-state index in [1.807, 2.05) is 30.3 Å². The molecule has 4 nitrogen and oxygen atoms in total. The predicted molar refractivity (Wildman–Crippen MR) is 96.7 cm³/mol. The number of ether oxygens (including phenoxy) is 1. The number of carbonyl (C=O) groups excluding carboxylic acids is 1. The van der Waals surface area contributed by atoms with Crippen LogP contribution in [0.25, 0.3) is 11.0 Å². The molecule has 128 valence electrons. The fourth-order valence-electron chi connectivity index (χ4n) is 2.53. The first-order chi connectivity index (χ1) is 11.8. The Labute approximate surface area is 146 Å². The standard InChI is InChI=1S/C21H20O4/c1-21(2,3)16-10-8-14(9-11-16)13-24-19(22)17-12-15-6-4-5-7-18(15)25-20(17)23/h4-12H,13H2,1-3H3. The predicted octanol–water partition coefficient (Wildman–Crippen LogP) is 4.45. The van der Waals surface area contributed by atoms with Gasteiger partial charge in [-0.3, -0.25) is 0 Å². The third-order valence-corrected chi connectivity index (χ3v) is 4.05. The average molecular weight is 336 g/mol. The van der Waals surface area contributed by atoms with Crippen LogP contribution in [0.4, 0.5) is 0 Å². The van der Waals surface area contributed by atoms with Crippen LogP contribution in [0.1, 0.15) is 42.3 Å². The van der Waals surface area contributed by atoms with Crippen LogP contribution >= 0.6 is 0 Å². The number of carbonyl (C=O) groups is 1. The lowest BCUT2D eigenvalue weighted by Gasteiger charge is -2.19. The van der Waals surface area contributed by atoms with Gasteiger partial charge in [0.2, 0.25) is 0 Å². The van der Waals surface area contributed by atoms with Crippen LogP contribution in [0.15, 0.2) is 63.8 Å². The first-order valence-electron chi connectivity index (χ1n) is 8.14. The number of benzene rings is 2. The van der Waals surface area contributed by atoms with Gasteiger partial charge >= 0.3 is 11.6 Å². The number of rotatable bonds is 3. The minimum atomic E-state index is -0.688. The average Bonchev–Trinajstić information content (AvgIpc) is 2.58. The summed E-state index contributed by atoms with van der Waals surface area (Å²) in [5, 5.41) is 0.684. The molecule has 0 atom stereocenters. The summed E-state index contributed by atoms with van der Waals surface area (Å²) in [6, 6.07) is 16.4. The Morgan fingerprint density at radius 2 is 1.72 bits per heavy atom. The number of fused-ring (bicyclic) bond motifs is 1. The number of esters is 1. The highest BCUT2D eigenvalue weighted by molar-refractivity contribution is 5.92. The Balaban J connectivity index is 1.74. The zero-order chi connectivity index (χ0) is 18.0. The molecular formula is C21H20O4. The first kappa shape index (κ1) is 17.0. The van der Waals surface area contributed by atoms with Crippen molar-refractivity contribution in [2.24, 2.45) is 0 Å². The van der Waals surface area contributed by atoms with Crippen molar-refractivity contribution in [3.05, 3.63) is 81.7 Å². The topological polar surface area (TPSA) is 56.5 Å². The lowest BCUT2D eigenvalue weighted by molar-refractivity contribution is 0.0468. The third-order valence-electron chi connectivity index (χ3n) is 4.05. The molecule has 2 aromatic carbocycles. The number of hydrogen-bond acceptors (Lipinski definition) is 4. The van der Waals surface area contributed by atoms with Gasteiger partial charge < -0.3 is 9.15 Å². The maximum Gasteiger partial charge on any atom is 0.351 e. The van der Waals surface area contributed by atoms with Gasteiger partial charge in [-0.15, -0.1) is 0 Å². The third kappa shape index (κ3) is 3.79. The molecule has 25 heavy (non-hydrogen) atoms. The fourth-order valence-corrected chi connectivity index (χ4v) is 2.53. The van der Waals surface area contributed by atoms with Gasteiger partial charge in [-0.1, -0.05) is 63.2 Å². The molecule has 3 rings (SSSR count). The largest absolute Gasteiger partial charge is 0.457 e. The summed E-state index contributed by atoms with van der Waals surface area (Å²) in [6.45, 7) is 6.53. The molecule has 0 saturated heterocycles. The summed E-state index contributed by atoms with van der Waals surface area (Å²) in [5.41, 5.74) is 1.81. The molecule has 0 fully saturated rings. The van der Waals surface area contributed by atoms with Gasteiger partial charge in [-0.25, -0.2) is 9.59 Å². The van der Waals surface area contributed by atoms with E-state index in [1.165, 1.54) is 11.6 Å². The van der Waals surface area contributed by atoms with Crippen LogP contribution in [-0.2, 0) is 16.8 Å².